The number of carbonyl (C=O) groups is 1. The van der Waals surface area contributed by atoms with E-state index >= 15 is 0 Å². The van der Waals surface area contributed by atoms with Crippen LogP contribution in [0.5, 0.6) is 11.5 Å². The molecule has 0 fully saturated rings. The molecule has 0 heterocycles. The van der Waals surface area contributed by atoms with Gasteiger partial charge in [0.2, 0.25) is 0 Å². The molecule has 2 aromatic carbocycles. The highest BCUT2D eigenvalue weighted by Gasteiger charge is 2.07. The summed E-state index contributed by atoms with van der Waals surface area (Å²) >= 11 is 0. The molecule has 2 aromatic rings. The second-order valence-electron chi connectivity index (χ2n) is 3.98. The molecule has 1 amide bonds. The predicted molar refractivity (Wildman–Crippen MR) is 73.6 cm³/mol. The SMILES string of the molecule is N#CCOc1cccc(NC(=O)c2cccc(O)c2)c1. The maximum atomic E-state index is 12.0. The number of benzene rings is 2. The number of hydrogen-bond acceptors (Lipinski definition) is 4. The smallest absolute Gasteiger partial charge is 0.255 e. The van der Waals surface area contributed by atoms with Gasteiger partial charge in [-0.25, -0.2) is 0 Å². The number of ether oxygens (including phenoxy) is 1. The Balaban J connectivity index is 2.10. The van der Waals surface area contributed by atoms with Gasteiger partial charge in [0.15, 0.2) is 6.61 Å². The van der Waals surface area contributed by atoms with Gasteiger partial charge in [0.05, 0.1) is 0 Å². The third-order valence-corrected chi connectivity index (χ3v) is 2.50. The summed E-state index contributed by atoms with van der Waals surface area (Å²) in [6, 6.07) is 14.7. The molecule has 0 atom stereocenters. The van der Waals surface area contributed by atoms with Crippen LogP contribution in [0.1, 0.15) is 10.4 Å². The average Bonchev–Trinajstić information content (AvgIpc) is 2.45. The minimum atomic E-state index is -0.335. The highest BCUT2D eigenvalue weighted by atomic mass is 16.5. The molecular weight excluding hydrogens is 256 g/mol. The van der Waals surface area contributed by atoms with Crippen molar-refractivity contribution >= 4 is 11.6 Å². The van der Waals surface area contributed by atoms with Crippen molar-refractivity contribution in [2.24, 2.45) is 0 Å². The number of hydrogen-bond donors (Lipinski definition) is 2. The Morgan fingerprint density at radius 3 is 2.80 bits per heavy atom. The van der Waals surface area contributed by atoms with Crippen LogP contribution in [0.15, 0.2) is 48.5 Å². The van der Waals surface area contributed by atoms with Gasteiger partial charge in [0, 0.05) is 17.3 Å². The number of anilines is 1. The van der Waals surface area contributed by atoms with Gasteiger partial charge >= 0.3 is 0 Å². The Kier molecular flexibility index (Phi) is 4.20. The van der Waals surface area contributed by atoms with Crippen molar-refractivity contribution in [1.29, 1.82) is 5.26 Å². The molecule has 5 heteroatoms. The van der Waals surface area contributed by atoms with Crippen molar-refractivity contribution in [3.8, 4) is 17.6 Å². The zero-order valence-corrected chi connectivity index (χ0v) is 10.5. The molecule has 0 saturated heterocycles. The van der Waals surface area contributed by atoms with E-state index in [0.29, 0.717) is 17.0 Å². The Bertz CT molecular complexity index is 662. The summed E-state index contributed by atoms with van der Waals surface area (Å²) in [5.74, 6) is 0.197. The van der Waals surface area contributed by atoms with E-state index < -0.39 is 0 Å². The standard InChI is InChI=1S/C15H12N2O3/c16-7-8-20-14-6-2-4-12(10-14)17-15(19)11-3-1-5-13(18)9-11/h1-6,9-10,18H,8H2,(H,17,19). The zero-order valence-electron chi connectivity index (χ0n) is 10.5. The number of nitrogens with zero attached hydrogens (tertiary/aromatic N) is 1. The van der Waals surface area contributed by atoms with E-state index in [1.54, 1.807) is 36.4 Å². The van der Waals surface area contributed by atoms with E-state index in [2.05, 4.69) is 5.32 Å². The number of rotatable bonds is 4. The third-order valence-electron chi connectivity index (χ3n) is 2.50. The van der Waals surface area contributed by atoms with Gasteiger partial charge in [-0.1, -0.05) is 12.1 Å². The van der Waals surface area contributed by atoms with Crippen LogP contribution in [-0.4, -0.2) is 17.6 Å². The van der Waals surface area contributed by atoms with Crippen LogP contribution < -0.4 is 10.1 Å². The molecule has 0 bridgehead atoms. The minimum absolute atomic E-state index is 0.0313. The summed E-state index contributed by atoms with van der Waals surface area (Å²) in [5.41, 5.74) is 0.905. The second-order valence-corrected chi connectivity index (χ2v) is 3.98. The molecule has 2 N–H and O–H groups in total. The van der Waals surface area contributed by atoms with E-state index in [1.165, 1.54) is 12.1 Å². The molecule has 0 aromatic heterocycles. The maximum absolute atomic E-state index is 12.0. The third kappa shape index (κ3) is 3.50. The number of nitriles is 1. The van der Waals surface area contributed by atoms with E-state index in [9.17, 15) is 9.90 Å². The summed E-state index contributed by atoms with van der Waals surface area (Å²) in [6.45, 7) is -0.0516. The van der Waals surface area contributed by atoms with Crippen LogP contribution in [0.2, 0.25) is 0 Å². The van der Waals surface area contributed by atoms with Crippen LogP contribution in [0.25, 0.3) is 0 Å². The van der Waals surface area contributed by atoms with Crippen molar-refractivity contribution in [3.05, 3.63) is 54.1 Å². The largest absolute Gasteiger partial charge is 0.508 e. The summed E-state index contributed by atoms with van der Waals surface area (Å²) in [5, 5.41) is 20.5. The zero-order chi connectivity index (χ0) is 14.4. The fourth-order valence-electron chi connectivity index (χ4n) is 1.63. The number of aromatic hydroxyl groups is 1. The van der Waals surface area contributed by atoms with Crippen LogP contribution in [0.4, 0.5) is 5.69 Å². The van der Waals surface area contributed by atoms with Gasteiger partial charge in [-0.2, -0.15) is 5.26 Å². The highest BCUT2D eigenvalue weighted by Crippen LogP contribution is 2.19. The predicted octanol–water partition coefficient (Wildman–Crippen LogP) is 2.55. The number of phenolic OH excluding ortho intramolecular Hbond substituents is 1. The summed E-state index contributed by atoms with van der Waals surface area (Å²) in [6.07, 6.45) is 0. The van der Waals surface area contributed by atoms with Crippen LogP contribution in [-0.2, 0) is 0 Å². The normalized spacial score (nSPS) is 9.55. The van der Waals surface area contributed by atoms with Crippen LogP contribution in [0, 0.1) is 11.3 Å². The minimum Gasteiger partial charge on any atom is -0.508 e. The monoisotopic (exact) mass is 268 g/mol. The lowest BCUT2D eigenvalue weighted by molar-refractivity contribution is 0.102. The number of carbonyl (C=O) groups excluding carboxylic acids is 1. The van der Waals surface area contributed by atoms with Crippen molar-refractivity contribution in [2.45, 2.75) is 0 Å². The van der Waals surface area contributed by atoms with Gasteiger partial charge in [-0.3, -0.25) is 4.79 Å². The average molecular weight is 268 g/mol. The van der Waals surface area contributed by atoms with Crippen molar-refractivity contribution < 1.29 is 14.6 Å². The maximum Gasteiger partial charge on any atom is 0.255 e. The lowest BCUT2D eigenvalue weighted by Gasteiger charge is -2.07. The second kappa shape index (κ2) is 6.25. The van der Waals surface area contributed by atoms with E-state index in [-0.39, 0.29) is 18.3 Å². The van der Waals surface area contributed by atoms with Crippen molar-refractivity contribution in [3.63, 3.8) is 0 Å². The fourth-order valence-corrected chi connectivity index (χ4v) is 1.63. The molecule has 0 radical (unpaired) electrons. The first-order valence-electron chi connectivity index (χ1n) is 5.89. The van der Waals surface area contributed by atoms with E-state index in [4.69, 9.17) is 10.00 Å². The molecule has 5 nitrogen and oxygen atoms in total. The first-order valence-corrected chi connectivity index (χ1v) is 5.89. The Morgan fingerprint density at radius 2 is 2.05 bits per heavy atom. The molecule has 0 spiro atoms. The molecule has 0 aliphatic heterocycles. The van der Waals surface area contributed by atoms with Gasteiger partial charge in [-0.15, -0.1) is 0 Å². The summed E-state index contributed by atoms with van der Waals surface area (Å²) < 4.78 is 5.15. The molecule has 0 aliphatic rings. The Hall–Kier alpha value is -3.00. The number of amides is 1. The molecule has 0 aliphatic carbocycles. The quantitative estimate of drug-likeness (QED) is 0.892. The van der Waals surface area contributed by atoms with Gasteiger partial charge in [0.1, 0.15) is 17.6 Å². The Labute approximate surface area is 116 Å². The topological polar surface area (TPSA) is 82.3 Å². The van der Waals surface area contributed by atoms with Gasteiger partial charge in [-0.05, 0) is 30.3 Å². The summed E-state index contributed by atoms with van der Waals surface area (Å²) in [7, 11) is 0. The van der Waals surface area contributed by atoms with Crippen LogP contribution in [0.3, 0.4) is 0 Å². The van der Waals surface area contributed by atoms with Crippen molar-refractivity contribution in [1.82, 2.24) is 0 Å². The van der Waals surface area contributed by atoms with E-state index in [0.717, 1.165) is 0 Å². The van der Waals surface area contributed by atoms with Crippen LogP contribution >= 0.6 is 0 Å². The first-order chi connectivity index (χ1) is 9.69. The fraction of sp³-hybridized carbons (Fsp3) is 0.0667. The Morgan fingerprint density at radius 1 is 1.25 bits per heavy atom. The van der Waals surface area contributed by atoms with E-state index in [1.807, 2.05) is 6.07 Å². The highest BCUT2D eigenvalue weighted by molar-refractivity contribution is 6.04. The molecule has 2 rings (SSSR count). The van der Waals surface area contributed by atoms with Crippen molar-refractivity contribution in [2.75, 3.05) is 11.9 Å². The van der Waals surface area contributed by atoms with Gasteiger partial charge in [0.25, 0.3) is 5.91 Å². The molecule has 0 saturated carbocycles. The lowest BCUT2D eigenvalue weighted by Crippen LogP contribution is -2.11. The molecular formula is C15H12N2O3. The van der Waals surface area contributed by atoms with Gasteiger partial charge < -0.3 is 15.2 Å². The summed E-state index contributed by atoms with van der Waals surface area (Å²) in [4.78, 5) is 12.0. The molecule has 20 heavy (non-hydrogen) atoms. The lowest BCUT2D eigenvalue weighted by atomic mass is 10.2. The molecule has 100 valence electrons. The number of phenols is 1. The molecule has 0 unspecified atom stereocenters. The first kappa shape index (κ1) is 13.4. The number of nitrogens with one attached hydrogen (secondary N) is 1.